The van der Waals surface area contributed by atoms with Gasteiger partial charge in [0.25, 0.3) is 5.69 Å². The van der Waals surface area contributed by atoms with Crippen molar-refractivity contribution in [2.45, 2.75) is 26.2 Å². The summed E-state index contributed by atoms with van der Waals surface area (Å²) in [6.45, 7) is 7.13. The van der Waals surface area contributed by atoms with Crippen LogP contribution < -0.4 is 10.6 Å². The fraction of sp³-hybridized carbons (Fsp3) is 0.375. The van der Waals surface area contributed by atoms with Crippen LogP contribution in [0.2, 0.25) is 0 Å². The minimum absolute atomic E-state index is 0.0198. The Kier molecular flexibility index (Phi) is 5.85. The predicted molar refractivity (Wildman–Crippen MR) is 92.9 cm³/mol. The smallest absolute Gasteiger partial charge is 0.270 e. The molecule has 0 saturated carbocycles. The first-order chi connectivity index (χ1) is 11.2. The number of non-ortho nitro benzene ring substituents is 1. The Balaban J connectivity index is 2.34. The molecule has 0 bridgehead atoms. The third-order valence-corrected chi connectivity index (χ3v) is 3.37. The molecule has 0 unspecified atom stereocenters. The number of nitro groups is 1. The van der Waals surface area contributed by atoms with E-state index in [4.69, 9.17) is 0 Å². The summed E-state index contributed by atoms with van der Waals surface area (Å²) < 4.78 is 0. The molecule has 0 aliphatic rings. The van der Waals surface area contributed by atoms with E-state index in [0.717, 1.165) is 25.8 Å². The lowest BCUT2D eigenvalue weighted by Gasteiger charge is -2.10. The van der Waals surface area contributed by atoms with Crippen LogP contribution in [0.4, 0.5) is 17.5 Å². The van der Waals surface area contributed by atoms with Gasteiger partial charge in [-0.1, -0.05) is 25.8 Å². The zero-order valence-corrected chi connectivity index (χ0v) is 13.2. The van der Waals surface area contributed by atoms with Gasteiger partial charge in [0.2, 0.25) is 5.95 Å². The van der Waals surface area contributed by atoms with Crippen LogP contribution in [0.3, 0.4) is 0 Å². The summed E-state index contributed by atoms with van der Waals surface area (Å²) in [6.07, 6.45) is 5.05. The number of nitrogens with one attached hydrogen (secondary N) is 2. The van der Waals surface area contributed by atoms with E-state index in [9.17, 15) is 10.1 Å². The summed E-state index contributed by atoms with van der Waals surface area (Å²) >= 11 is 0. The Bertz CT molecular complexity index is 702. The Morgan fingerprint density at radius 3 is 2.83 bits per heavy atom. The molecular weight excluding hydrogens is 294 g/mol. The van der Waals surface area contributed by atoms with E-state index >= 15 is 0 Å². The van der Waals surface area contributed by atoms with Gasteiger partial charge < -0.3 is 10.6 Å². The van der Waals surface area contributed by atoms with E-state index in [-0.39, 0.29) is 5.69 Å². The average molecular weight is 315 g/mol. The molecule has 7 nitrogen and oxygen atoms in total. The highest BCUT2D eigenvalue weighted by Gasteiger charge is 2.12. The van der Waals surface area contributed by atoms with Gasteiger partial charge in [0.1, 0.15) is 5.82 Å². The molecule has 0 aliphatic heterocycles. The van der Waals surface area contributed by atoms with Crippen LogP contribution in [0.1, 0.15) is 26.2 Å². The Morgan fingerprint density at radius 1 is 1.30 bits per heavy atom. The first-order valence-corrected chi connectivity index (χ1v) is 7.70. The lowest BCUT2D eigenvalue weighted by atomic mass is 10.2. The van der Waals surface area contributed by atoms with Crippen molar-refractivity contribution in [3.63, 3.8) is 0 Å². The summed E-state index contributed by atoms with van der Waals surface area (Å²) in [4.78, 5) is 19.4. The SMILES string of the molecule is C=CCNc1nc(NCCCCC)nc2ccc([N+](=O)[O-])cc12. The van der Waals surface area contributed by atoms with E-state index < -0.39 is 4.92 Å². The maximum Gasteiger partial charge on any atom is 0.270 e. The molecule has 0 amide bonds. The number of aromatic nitrogens is 2. The Morgan fingerprint density at radius 2 is 2.13 bits per heavy atom. The number of hydrogen-bond donors (Lipinski definition) is 2. The van der Waals surface area contributed by atoms with Crippen molar-refractivity contribution in [2.75, 3.05) is 23.7 Å². The molecule has 23 heavy (non-hydrogen) atoms. The molecule has 0 spiro atoms. The Hall–Kier alpha value is -2.70. The molecular formula is C16H21N5O2. The standard InChI is InChI=1S/C16H21N5O2/c1-3-5-6-10-18-16-19-14-8-7-12(21(22)23)11-13(14)15(20-16)17-9-4-2/h4,7-8,11H,2-3,5-6,9-10H2,1H3,(H2,17,18,19,20). The topological polar surface area (TPSA) is 93.0 Å². The second-order valence-electron chi connectivity index (χ2n) is 5.16. The fourth-order valence-electron chi connectivity index (χ4n) is 2.19. The van der Waals surface area contributed by atoms with Crippen molar-refractivity contribution in [2.24, 2.45) is 0 Å². The number of hydrogen-bond acceptors (Lipinski definition) is 6. The number of unbranched alkanes of at least 4 members (excludes halogenated alkanes) is 2. The summed E-state index contributed by atoms with van der Waals surface area (Å²) in [6, 6.07) is 4.58. The maximum absolute atomic E-state index is 11.0. The van der Waals surface area contributed by atoms with Gasteiger partial charge in [0.05, 0.1) is 10.4 Å². The van der Waals surface area contributed by atoms with Gasteiger partial charge in [-0.15, -0.1) is 6.58 Å². The Labute approximate surface area is 135 Å². The van der Waals surface area contributed by atoms with Crippen LogP contribution in [0.15, 0.2) is 30.9 Å². The molecule has 0 radical (unpaired) electrons. The van der Waals surface area contributed by atoms with Crippen molar-refractivity contribution in [3.8, 4) is 0 Å². The van der Waals surface area contributed by atoms with Crippen LogP contribution >= 0.6 is 0 Å². The largest absolute Gasteiger partial charge is 0.366 e. The number of nitro benzene ring substituents is 1. The third-order valence-electron chi connectivity index (χ3n) is 3.37. The summed E-state index contributed by atoms with van der Waals surface area (Å²) in [5.41, 5.74) is 0.682. The molecule has 1 aromatic heterocycles. The van der Waals surface area contributed by atoms with Gasteiger partial charge >= 0.3 is 0 Å². The van der Waals surface area contributed by atoms with E-state index in [0.29, 0.717) is 29.2 Å². The number of rotatable bonds is 9. The predicted octanol–water partition coefficient (Wildman–Crippen LogP) is 3.74. The zero-order valence-electron chi connectivity index (χ0n) is 13.2. The summed E-state index contributed by atoms with van der Waals surface area (Å²) in [5, 5.41) is 17.9. The van der Waals surface area contributed by atoms with Crippen molar-refractivity contribution >= 4 is 28.4 Å². The lowest BCUT2D eigenvalue weighted by molar-refractivity contribution is -0.384. The average Bonchev–Trinajstić information content (AvgIpc) is 2.56. The lowest BCUT2D eigenvalue weighted by Crippen LogP contribution is -2.09. The molecule has 7 heteroatoms. The first-order valence-electron chi connectivity index (χ1n) is 7.70. The van der Waals surface area contributed by atoms with E-state index in [1.54, 1.807) is 12.1 Å². The quantitative estimate of drug-likeness (QED) is 0.317. The molecule has 0 atom stereocenters. The van der Waals surface area contributed by atoms with Crippen LogP contribution in [-0.4, -0.2) is 28.0 Å². The van der Waals surface area contributed by atoms with Crippen LogP contribution in [-0.2, 0) is 0 Å². The number of benzene rings is 1. The molecule has 122 valence electrons. The number of anilines is 2. The third kappa shape index (κ3) is 4.38. The second-order valence-corrected chi connectivity index (χ2v) is 5.16. The van der Waals surface area contributed by atoms with Crippen molar-refractivity contribution in [3.05, 3.63) is 41.0 Å². The first kappa shape index (κ1) is 16.7. The number of nitrogens with zero attached hydrogens (tertiary/aromatic N) is 3. The van der Waals surface area contributed by atoms with Crippen LogP contribution in [0, 0.1) is 10.1 Å². The van der Waals surface area contributed by atoms with Crippen LogP contribution in [0.25, 0.3) is 10.9 Å². The van der Waals surface area contributed by atoms with Gasteiger partial charge in [-0.2, -0.15) is 4.98 Å². The van der Waals surface area contributed by atoms with Gasteiger partial charge in [-0.3, -0.25) is 10.1 Å². The van der Waals surface area contributed by atoms with Gasteiger partial charge in [0, 0.05) is 30.6 Å². The molecule has 0 aliphatic carbocycles. The monoisotopic (exact) mass is 315 g/mol. The molecule has 1 aromatic carbocycles. The molecule has 1 heterocycles. The van der Waals surface area contributed by atoms with Gasteiger partial charge in [-0.25, -0.2) is 4.98 Å². The highest BCUT2D eigenvalue weighted by molar-refractivity contribution is 5.91. The normalized spacial score (nSPS) is 10.5. The molecule has 0 saturated heterocycles. The zero-order chi connectivity index (χ0) is 16.7. The number of fused-ring (bicyclic) bond motifs is 1. The van der Waals surface area contributed by atoms with Gasteiger partial charge in [0.15, 0.2) is 0 Å². The summed E-state index contributed by atoms with van der Waals surface area (Å²) in [5.74, 6) is 1.09. The minimum atomic E-state index is -0.423. The minimum Gasteiger partial charge on any atom is -0.366 e. The van der Waals surface area contributed by atoms with Crippen molar-refractivity contribution in [1.82, 2.24) is 9.97 Å². The highest BCUT2D eigenvalue weighted by Crippen LogP contribution is 2.26. The highest BCUT2D eigenvalue weighted by atomic mass is 16.6. The van der Waals surface area contributed by atoms with E-state index in [2.05, 4.69) is 34.1 Å². The van der Waals surface area contributed by atoms with Crippen LogP contribution in [0.5, 0.6) is 0 Å². The maximum atomic E-state index is 11.0. The molecule has 2 N–H and O–H groups in total. The van der Waals surface area contributed by atoms with E-state index in [1.807, 2.05) is 0 Å². The van der Waals surface area contributed by atoms with Crippen molar-refractivity contribution in [1.29, 1.82) is 0 Å². The summed E-state index contributed by atoms with van der Waals surface area (Å²) in [7, 11) is 0. The van der Waals surface area contributed by atoms with Gasteiger partial charge in [-0.05, 0) is 12.5 Å². The fourth-order valence-corrected chi connectivity index (χ4v) is 2.19. The molecule has 2 rings (SSSR count). The van der Waals surface area contributed by atoms with Crippen molar-refractivity contribution < 1.29 is 4.92 Å². The second kappa shape index (κ2) is 8.07. The van der Waals surface area contributed by atoms with E-state index in [1.165, 1.54) is 12.1 Å². The molecule has 2 aromatic rings. The molecule has 0 fully saturated rings.